The number of hydrogen-bond donors (Lipinski definition) is 2. The largest absolute Gasteiger partial charge is 0.476 e. The molecule has 0 bridgehead atoms. The Bertz CT molecular complexity index is 230. The van der Waals surface area contributed by atoms with E-state index in [1.54, 1.807) is 0 Å². The van der Waals surface area contributed by atoms with Crippen molar-refractivity contribution < 1.29 is 15.1 Å². The highest BCUT2D eigenvalue weighted by molar-refractivity contribution is 5.84. The van der Waals surface area contributed by atoms with Crippen LogP contribution in [0.15, 0.2) is 6.20 Å². The fourth-order valence-corrected chi connectivity index (χ4v) is 0.370. The number of nitrogens with zero attached hydrogens (tertiary/aromatic N) is 3. The van der Waals surface area contributed by atoms with Crippen LogP contribution in [0.25, 0.3) is 0 Å². The molecular formula is C3H3N3O3. The first-order chi connectivity index (χ1) is 4.22. The molecule has 1 aromatic rings. The molecule has 1 rings (SSSR count). The van der Waals surface area contributed by atoms with Gasteiger partial charge in [0.05, 0.1) is 6.20 Å². The fourth-order valence-electron chi connectivity index (χ4n) is 0.370. The van der Waals surface area contributed by atoms with Crippen molar-refractivity contribution in [3.63, 3.8) is 0 Å². The standard InChI is InChI=1S/C3H3N3O3/c7-3(8)2-1-4-5-6(2)9/h1,9H,(H,7,8). The third-order valence-electron chi connectivity index (χ3n) is 0.751. The summed E-state index contributed by atoms with van der Waals surface area (Å²) in [5, 5.41) is 22.8. The van der Waals surface area contributed by atoms with Crippen molar-refractivity contribution in [1.82, 2.24) is 15.2 Å². The van der Waals surface area contributed by atoms with Gasteiger partial charge in [0.2, 0.25) is 5.69 Å². The second kappa shape index (κ2) is 1.73. The van der Waals surface area contributed by atoms with Crippen LogP contribution >= 0.6 is 0 Å². The highest BCUT2D eigenvalue weighted by atomic mass is 16.5. The molecular weight excluding hydrogens is 126 g/mol. The average Bonchev–Trinajstić information content (AvgIpc) is 2.13. The van der Waals surface area contributed by atoms with Crippen molar-refractivity contribution in [2.75, 3.05) is 0 Å². The summed E-state index contributed by atoms with van der Waals surface area (Å²) in [4.78, 5) is 10.2. The first kappa shape index (κ1) is 5.54. The van der Waals surface area contributed by atoms with E-state index in [9.17, 15) is 4.79 Å². The van der Waals surface area contributed by atoms with Gasteiger partial charge in [-0.3, -0.25) is 0 Å². The lowest BCUT2D eigenvalue weighted by Crippen LogP contribution is -2.05. The minimum Gasteiger partial charge on any atom is -0.476 e. The summed E-state index contributed by atoms with van der Waals surface area (Å²) in [7, 11) is 0. The molecule has 0 saturated heterocycles. The van der Waals surface area contributed by atoms with Gasteiger partial charge in [0.25, 0.3) is 0 Å². The Morgan fingerprint density at radius 1 is 1.78 bits per heavy atom. The molecule has 1 aromatic heterocycles. The predicted molar refractivity (Wildman–Crippen MR) is 24.2 cm³/mol. The Kier molecular flexibility index (Phi) is 1.07. The number of aromatic nitrogens is 3. The van der Waals surface area contributed by atoms with E-state index in [1.807, 2.05) is 0 Å². The molecule has 9 heavy (non-hydrogen) atoms. The quantitative estimate of drug-likeness (QED) is 0.485. The zero-order chi connectivity index (χ0) is 6.85. The number of carboxylic acids is 1. The zero-order valence-corrected chi connectivity index (χ0v) is 4.22. The molecule has 0 saturated carbocycles. The molecule has 0 aliphatic rings. The Labute approximate surface area is 49.3 Å². The molecule has 0 aromatic carbocycles. The van der Waals surface area contributed by atoms with Gasteiger partial charge < -0.3 is 10.3 Å². The van der Waals surface area contributed by atoms with Crippen LogP contribution in [0.3, 0.4) is 0 Å². The van der Waals surface area contributed by atoms with Crippen LogP contribution in [-0.4, -0.2) is 31.4 Å². The second-order valence-corrected chi connectivity index (χ2v) is 1.31. The zero-order valence-electron chi connectivity index (χ0n) is 4.22. The number of aromatic carboxylic acids is 1. The third kappa shape index (κ3) is 0.809. The minimum absolute atomic E-state index is 0.197. The van der Waals surface area contributed by atoms with Crippen molar-refractivity contribution in [2.24, 2.45) is 0 Å². The summed E-state index contributed by atoms with van der Waals surface area (Å²) >= 11 is 0. The summed E-state index contributed by atoms with van der Waals surface area (Å²) in [6, 6.07) is 0. The second-order valence-electron chi connectivity index (χ2n) is 1.31. The Hall–Kier alpha value is -1.59. The maximum Gasteiger partial charge on any atom is 0.359 e. The molecule has 1 heterocycles. The van der Waals surface area contributed by atoms with Crippen LogP contribution in [0.1, 0.15) is 10.5 Å². The molecule has 0 unspecified atom stereocenters. The smallest absolute Gasteiger partial charge is 0.359 e. The molecule has 48 valence electrons. The lowest BCUT2D eigenvalue weighted by molar-refractivity contribution is 0.0617. The fraction of sp³-hybridized carbons (Fsp3) is 0. The Morgan fingerprint density at radius 2 is 2.44 bits per heavy atom. The van der Waals surface area contributed by atoms with Gasteiger partial charge in [-0.1, -0.05) is 4.85 Å². The van der Waals surface area contributed by atoms with Crippen LogP contribution in [-0.2, 0) is 0 Å². The van der Waals surface area contributed by atoms with Crippen LogP contribution in [0.4, 0.5) is 0 Å². The molecule has 0 aliphatic heterocycles. The van der Waals surface area contributed by atoms with Gasteiger partial charge in [-0.25, -0.2) is 4.79 Å². The molecule has 0 radical (unpaired) electrons. The maximum absolute atomic E-state index is 10.0. The van der Waals surface area contributed by atoms with Crippen molar-refractivity contribution in [3.8, 4) is 0 Å². The molecule has 0 aliphatic carbocycles. The van der Waals surface area contributed by atoms with Crippen LogP contribution in [0, 0.1) is 0 Å². The van der Waals surface area contributed by atoms with Gasteiger partial charge in [0, 0.05) is 0 Å². The van der Waals surface area contributed by atoms with E-state index in [-0.39, 0.29) is 10.5 Å². The van der Waals surface area contributed by atoms with Gasteiger partial charge in [-0.2, -0.15) is 0 Å². The van der Waals surface area contributed by atoms with Gasteiger partial charge >= 0.3 is 5.97 Å². The monoisotopic (exact) mass is 129 g/mol. The summed E-state index contributed by atoms with van der Waals surface area (Å²) < 4.78 is 0. The maximum atomic E-state index is 10.0. The number of carboxylic acid groups (broad SMARTS) is 1. The minimum atomic E-state index is -1.26. The van der Waals surface area contributed by atoms with E-state index in [4.69, 9.17) is 10.3 Å². The summed E-state index contributed by atoms with van der Waals surface area (Å²) in [6.07, 6.45) is 0.947. The molecule has 0 fully saturated rings. The Balaban J connectivity index is 3.08. The molecule has 0 spiro atoms. The number of carbonyl (C=O) groups is 1. The van der Waals surface area contributed by atoms with Crippen LogP contribution in [0.2, 0.25) is 0 Å². The van der Waals surface area contributed by atoms with Crippen LogP contribution < -0.4 is 0 Å². The normalized spacial score (nSPS) is 9.33. The number of rotatable bonds is 1. The predicted octanol–water partition coefficient (Wildman–Crippen LogP) is -0.786. The molecule has 6 heteroatoms. The summed E-state index contributed by atoms with van der Waals surface area (Å²) in [5.74, 6) is -1.26. The van der Waals surface area contributed by atoms with E-state index in [1.165, 1.54) is 0 Å². The lowest BCUT2D eigenvalue weighted by atomic mass is 10.5. The van der Waals surface area contributed by atoms with Gasteiger partial charge in [-0.05, 0) is 5.21 Å². The summed E-state index contributed by atoms with van der Waals surface area (Å²) in [6.45, 7) is 0. The third-order valence-corrected chi connectivity index (χ3v) is 0.751. The molecule has 2 N–H and O–H groups in total. The first-order valence-corrected chi connectivity index (χ1v) is 2.05. The van der Waals surface area contributed by atoms with Crippen LogP contribution in [0.5, 0.6) is 0 Å². The molecule has 6 nitrogen and oxygen atoms in total. The topological polar surface area (TPSA) is 88.2 Å². The summed E-state index contributed by atoms with van der Waals surface area (Å²) in [5.41, 5.74) is -0.352. The molecule has 0 amide bonds. The van der Waals surface area contributed by atoms with E-state index < -0.39 is 5.97 Å². The van der Waals surface area contributed by atoms with E-state index >= 15 is 0 Å². The molecule has 0 atom stereocenters. The Morgan fingerprint density at radius 3 is 2.67 bits per heavy atom. The van der Waals surface area contributed by atoms with E-state index in [0.717, 1.165) is 6.20 Å². The number of hydrogen-bond acceptors (Lipinski definition) is 4. The van der Waals surface area contributed by atoms with Crippen molar-refractivity contribution >= 4 is 5.97 Å². The highest BCUT2D eigenvalue weighted by Gasteiger charge is 2.08. The first-order valence-electron chi connectivity index (χ1n) is 2.05. The van der Waals surface area contributed by atoms with E-state index in [2.05, 4.69) is 10.3 Å². The average molecular weight is 129 g/mol. The van der Waals surface area contributed by atoms with E-state index in [0.29, 0.717) is 0 Å². The van der Waals surface area contributed by atoms with Gasteiger partial charge in [0.15, 0.2) is 0 Å². The van der Waals surface area contributed by atoms with Crippen molar-refractivity contribution in [1.29, 1.82) is 0 Å². The SMILES string of the molecule is O=C(O)c1cnnn1O. The highest BCUT2D eigenvalue weighted by Crippen LogP contribution is 1.89. The van der Waals surface area contributed by atoms with Crippen molar-refractivity contribution in [3.05, 3.63) is 11.9 Å². The van der Waals surface area contributed by atoms with Gasteiger partial charge in [0.1, 0.15) is 0 Å². The van der Waals surface area contributed by atoms with Gasteiger partial charge in [-0.15, -0.1) is 5.10 Å². The van der Waals surface area contributed by atoms with Crippen molar-refractivity contribution in [2.45, 2.75) is 0 Å². The lowest BCUT2D eigenvalue weighted by Gasteiger charge is -1.87.